The predicted octanol–water partition coefficient (Wildman–Crippen LogP) is 1.95. The van der Waals surface area contributed by atoms with E-state index in [1.165, 1.54) is 4.57 Å². The van der Waals surface area contributed by atoms with Crippen LogP contribution >= 0.6 is 0 Å². The first-order chi connectivity index (χ1) is 18.0. The molecule has 0 saturated carbocycles. The van der Waals surface area contributed by atoms with Gasteiger partial charge in [-0.1, -0.05) is 48.5 Å². The van der Waals surface area contributed by atoms with E-state index in [2.05, 4.69) is 15.5 Å². The highest BCUT2D eigenvalue weighted by molar-refractivity contribution is 5.94. The number of benzene rings is 2. The van der Waals surface area contributed by atoms with Gasteiger partial charge in [0.1, 0.15) is 0 Å². The number of amides is 1. The summed E-state index contributed by atoms with van der Waals surface area (Å²) in [5, 5.41) is 6.05. The first-order valence-electron chi connectivity index (χ1n) is 12.6. The van der Waals surface area contributed by atoms with Crippen LogP contribution in [-0.4, -0.2) is 57.2 Å². The van der Waals surface area contributed by atoms with Gasteiger partial charge in [-0.3, -0.25) is 18.7 Å². The number of hydrogen-bond acceptors (Lipinski definition) is 7. The van der Waals surface area contributed by atoms with Gasteiger partial charge in [0.25, 0.3) is 11.5 Å². The van der Waals surface area contributed by atoms with Crippen molar-refractivity contribution in [2.45, 2.75) is 25.4 Å². The highest BCUT2D eigenvalue weighted by Crippen LogP contribution is 2.24. The number of rotatable bonds is 8. The summed E-state index contributed by atoms with van der Waals surface area (Å²) in [4.78, 5) is 37.5. The number of nitrogens with two attached hydrogens (primary N) is 1. The molecule has 3 heterocycles. The number of imidazole rings is 1. The minimum absolute atomic E-state index is 0.0675. The van der Waals surface area contributed by atoms with Gasteiger partial charge in [0.2, 0.25) is 11.9 Å². The van der Waals surface area contributed by atoms with Crippen LogP contribution in [0.2, 0.25) is 0 Å². The van der Waals surface area contributed by atoms with Crippen molar-refractivity contribution in [2.24, 2.45) is 12.8 Å². The molecule has 10 nitrogen and oxygen atoms in total. The number of nitrogens with one attached hydrogen (secondary N) is 2. The van der Waals surface area contributed by atoms with Gasteiger partial charge >= 0.3 is 0 Å². The summed E-state index contributed by atoms with van der Waals surface area (Å²) in [6, 6.07) is 19.1. The Labute approximate surface area is 215 Å². The van der Waals surface area contributed by atoms with Crippen LogP contribution < -0.4 is 26.8 Å². The van der Waals surface area contributed by atoms with E-state index in [9.17, 15) is 9.59 Å². The minimum Gasteiger partial charge on any atom is -0.354 e. The lowest BCUT2D eigenvalue weighted by atomic mass is 10.1. The van der Waals surface area contributed by atoms with Crippen molar-refractivity contribution in [3.8, 4) is 0 Å². The summed E-state index contributed by atoms with van der Waals surface area (Å²) >= 11 is 0. The maximum atomic E-state index is 13.6. The van der Waals surface area contributed by atoms with E-state index >= 15 is 0 Å². The first-order valence-corrected chi connectivity index (χ1v) is 12.6. The van der Waals surface area contributed by atoms with Crippen molar-refractivity contribution in [2.75, 3.05) is 36.4 Å². The molecule has 1 atom stereocenters. The van der Waals surface area contributed by atoms with E-state index in [1.807, 2.05) is 53.1 Å². The summed E-state index contributed by atoms with van der Waals surface area (Å²) in [7, 11) is 1.69. The molecule has 2 aromatic heterocycles. The van der Waals surface area contributed by atoms with Crippen LogP contribution in [0.4, 0.5) is 11.9 Å². The number of anilines is 2. The Bertz CT molecular complexity index is 1430. The van der Waals surface area contributed by atoms with Crippen LogP contribution in [0.15, 0.2) is 65.5 Å². The predicted molar refractivity (Wildman–Crippen MR) is 145 cm³/mol. The lowest BCUT2D eigenvalue weighted by molar-refractivity contribution is 0.0955. The number of carbonyl (C=O) groups excluding carboxylic acids is 1. The summed E-state index contributed by atoms with van der Waals surface area (Å²) in [5.41, 5.74) is 8.61. The van der Waals surface area contributed by atoms with Gasteiger partial charge in [0, 0.05) is 44.8 Å². The lowest BCUT2D eigenvalue weighted by Gasteiger charge is -2.31. The molecule has 1 fully saturated rings. The highest BCUT2D eigenvalue weighted by Gasteiger charge is 2.25. The molecule has 1 saturated heterocycles. The maximum Gasteiger partial charge on any atom is 0.281 e. The number of nitrogens with zero attached hydrogens (tertiary/aromatic N) is 5. The number of aromatic nitrogens is 4. The third-order valence-corrected chi connectivity index (χ3v) is 6.62. The topological polar surface area (TPSA) is 123 Å². The van der Waals surface area contributed by atoms with Crippen molar-refractivity contribution in [3.05, 3.63) is 82.1 Å². The first kappa shape index (κ1) is 24.5. The average Bonchev–Trinajstić information content (AvgIpc) is 3.28. The molecule has 0 radical (unpaired) electrons. The normalized spacial score (nSPS) is 15.6. The van der Waals surface area contributed by atoms with Crippen LogP contribution in [0.3, 0.4) is 0 Å². The third kappa shape index (κ3) is 5.34. The van der Waals surface area contributed by atoms with Gasteiger partial charge in [-0.2, -0.15) is 9.97 Å². The van der Waals surface area contributed by atoms with Crippen LogP contribution in [0.25, 0.3) is 11.2 Å². The molecule has 5 rings (SSSR count). The maximum absolute atomic E-state index is 13.6. The van der Waals surface area contributed by atoms with Gasteiger partial charge in [-0.25, -0.2) is 0 Å². The fourth-order valence-corrected chi connectivity index (χ4v) is 4.70. The number of fused-ring (bicyclic) bond motifs is 1. The molecule has 10 heteroatoms. The van der Waals surface area contributed by atoms with Crippen molar-refractivity contribution >= 4 is 29.0 Å². The number of hydrogen-bond donors (Lipinski definition) is 3. The SMILES string of the molecule is Cn1c(NCCNC(=O)c2ccccc2)nc2nc(N3CCCC(N)C3)n(Cc3ccccc3)c2c1=O. The Morgan fingerprint density at radius 3 is 2.51 bits per heavy atom. The second kappa shape index (κ2) is 10.8. The van der Waals surface area contributed by atoms with E-state index in [1.54, 1.807) is 19.2 Å². The minimum atomic E-state index is -0.184. The smallest absolute Gasteiger partial charge is 0.281 e. The van der Waals surface area contributed by atoms with Crippen molar-refractivity contribution in [3.63, 3.8) is 0 Å². The van der Waals surface area contributed by atoms with Crippen LogP contribution in [-0.2, 0) is 13.6 Å². The zero-order valence-electron chi connectivity index (χ0n) is 20.9. The highest BCUT2D eigenvalue weighted by atomic mass is 16.1. The number of piperidine rings is 1. The molecule has 0 aliphatic carbocycles. The Hall–Kier alpha value is -4.18. The second-order valence-corrected chi connectivity index (χ2v) is 9.35. The summed E-state index contributed by atoms with van der Waals surface area (Å²) in [6.45, 7) is 2.81. The molecule has 1 amide bonds. The molecule has 4 aromatic rings. The van der Waals surface area contributed by atoms with E-state index in [0.717, 1.165) is 24.9 Å². The van der Waals surface area contributed by atoms with E-state index in [4.69, 9.17) is 15.7 Å². The van der Waals surface area contributed by atoms with Gasteiger partial charge in [-0.05, 0) is 30.5 Å². The molecule has 4 N–H and O–H groups in total. The van der Waals surface area contributed by atoms with Gasteiger partial charge < -0.3 is 21.3 Å². The summed E-state index contributed by atoms with van der Waals surface area (Å²) < 4.78 is 3.46. The molecule has 192 valence electrons. The van der Waals surface area contributed by atoms with E-state index < -0.39 is 0 Å². The van der Waals surface area contributed by atoms with Gasteiger partial charge in [-0.15, -0.1) is 0 Å². The quantitative estimate of drug-likeness (QED) is 0.316. The largest absolute Gasteiger partial charge is 0.354 e. The van der Waals surface area contributed by atoms with Crippen LogP contribution in [0.1, 0.15) is 28.8 Å². The summed E-state index contributed by atoms with van der Waals surface area (Å²) in [6.07, 6.45) is 1.95. The van der Waals surface area contributed by atoms with Crippen LogP contribution in [0.5, 0.6) is 0 Å². The van der Waals surface area contributed by atoms with E-state index in [-0.39, 0.29) is 17.5 Å². The van der Waals surface area contributed by atoms with Crippen LogP contribution in [0, 0.1) is 0 Å². The molecular weight excluding hydrogens is 468 g/mol. The van der Waals surface area contributed by atoms with Gasteiger partial charge in [0.15, 0.2) is 11.2 Å². The third-order valence-electron chi connectivity index (χ3n) is 6.62. The lowest BCUT2D eigenvalue weighted by Crippen LogP contribution is -2.44. The Morgan fingerprint density at radius 1 is 1.05 bits per heavy atom. The Balaban J connectivity index is 1.41. The molecule has 1 aliphatic rings. The fraction of sp³-hybridized carbons (Fsp3) is 0.333. The molecule has 0 spiro atoms. The fourth-order valence-electron chi connectivity index (χ4n) is 4.70. The monoisotopic (exact) mass is 500 g/mol. The van der Waals surface area contributed by atoms with Crippen molar-refractivity contribution < 1.29 is 4.79 Å². The Morgan fingerprint density at radius 2 is 1.78 bits per heavy atom. The zero-order chi connectivity index (χ0) is 25.8. The molecule has 1 aliphatic heterocycles. The van der Waals surface area contributed by atoms with Gasteiger partial charge in [0.05, 0.1) is 6.54 Å². The molecule has 1 unspecified atom stereocenters. The van der Waals surface area contributed by atoms with Crippen molar-refractivity contribution in [1.82, 2.24) is 24.4 Å². The average molecular weight is 501 g/mol. The second-order valence-electron chi connectivity index (χ2n) is 9.35. The Kier molecular flexibility index (Phi) is 7.18. The molecule has 2 aromatic carbocycles. The molecule has 37 heavy (non-hydrogen) atoms. The zero-order valence-corrected chi connectivity index (χ0v) is 20.9. The standard InChI is InChI=1S/C27H32N8O2/c1-33-25(37)22-23(31-26(33)30-15-14-29-24(36)20-11-6-3-7-12-20)32-27(34-16-8-13-21(28)18-34)35(22)17-19-9-4-2-5-10-19/h2-7,9-12,21H,8,13-18,28H2,1H3,(H,29,36)(H,30,31). The molecular formula is C27H32N8O2. The van der Waals surface area contributed by atoms with E-state index in [0.29, 0.717) is 54.8 Å². The summed E-state index contributed by atoms with van der Waals surface area (Å²) in [5.74, 6) is 0.965. The molecule has 0 bridgehead atoms. The van der Waals surface area contributed by atoms with Crippen molar-refractivity contribution in [1.29, 1.82) is 0 Å². The number of carbonyl (C=O) groups is 1.